The SMILES string of the molecule is COc1c(C)cnc(Cn2cc(C#CCOCCNc3cccc4c3C(=O)N(C3CCC(=O)NC3=O)C4=O)c3c(Cl)nc(N)nc32)c1C. The molecule has 14 nitrogen and oxygen atoms in total. The van der Waals surface area contributed by atoms with Crippen LogP contribution < -0.4 is 21.1 Å². The smallest absolute Gasteiger partial charge is 0.264 e. The number of carbonyl (C=O) groups is 4. The number of imide groups is 2. The Hall–Kier alpha value is -5.52. The number of nitrogens with one attached hydrogen (secondary N) is 2. The molecular formula is C33H31ClN8O6. The van der Waals surface area contributed by atoms with Gasteiger partial charge in [-0.15, -0.1) is 0 Å². The van der Waals surface area contributed by atoms with E-state index in [1.807, 2.05) is 24.6 Å². The van der Waals surface area contributed by atoms with Crippen LogP contribution in [0.3, 0.4) is 0 Å². The molecule has 15 heteroatoms. The standard InChI is InChI=1S/C33H31ClN8O6/c1-17-14-37-22(18(2)27(17)47-3)16-41-15-19(25-28(34)39-33(35)40-29(25)41)6-5-12-48-13-11-36-21-8-4-7-20-26(21)32(46)42(31(20)45)23-9-10-24(43)38-30(23)44/h4,7-8,14-15,23,36H,9-13,16H2,1-3H3,(H2,35,39,40)(H,38,43,44). The highest BCUT2D eigenvalue weighted by Crippen LogP contribution is 2.33. The van der Waals surface area contributed by atoms with Gasteiger partial charge in [-0.2, -0.15) is 4.98 Å². The Morgan fingerprint density at radius 1 is 1.17 bits per heavy atom. The molecule has 5 heterocycles. The van der Waals surface area contributed by atoms with E-state index in [4.69, 9.17) is 26.8 Å². The van der Waals surface area contributed by atoms with Gasteiger partial charge in [0, 0.05) is 42.2 Å². The van der Waals surface area contributed by atoms with Gasteiger partial charge >= 0.3 is 0 Å². The number of fused-ring (bicyclic) bond motifs is 2. The average molecular weight is 671 g/mol. The van der Waals surface area contributed by atoms with Crippen LogP contribution in [0.4, 0.5) is 11.6 Å². The van der Waals surface area contributed by atoms with Crippen molar-refractivity contribution in [2.24, 2.45) is 0 Å². The first-order valence-corrected chi connectivity index (χ1v) is 15.4. The number of nitrogen functional groups attached to an aromatic ring is 1. The Kier molecular flexibility index (Phi) is 8.99. The summed E-state index contributed by atoms with van der Waals surface area (Å²) in [5.41, 5.74) is 10.5. The molecule has 2 aliphatic rings. The summed E-state index contributed by atoms with van der Waals surface area (Å²) < 4.78 is 13.1. The fourth-order valence-electron chi connectivity index (χ4n) is 5.94. The minimum Gasteiger partial charge on any atom is -0.496 e. The van der Waals surface area contributed by atoms with Gasteiger partial charge in [-0.3, -0.25) is 34.4 Å². The summed E-state index contributed by atoms with van der Waals surface area (Å²) in [4.78, 5) is 64.3. The highest BCUT2D eigenvalue weighted by molar-refractivity contribution is 6.34. The van der Waals surface area contributed by atoms with Gasteiger partial charge in [-0.05, 0) is 32.4 Å². The molecule has 4 aromatic rings. The van der Waals surface area contributed by atoms with Crippen LogP contribution in [0.15, 0.2) is 30.6 Å². The van der Waals surface area contributed by atoms with E-state index in [1.165, 1.54) is 6.07 Å². The molecule has 1 fully saturated rings. The molecule has 2 aliphatic heterocycles. The molecule has 0 aliphatic carbocycles. The molecule has 0 spiro atoms. The van der Waals surface area contributed by atoms with Crippen molar-refractivity contribution in [3.63, 3.8) is 0 Å². The highest BCUT2D eigenvalue weighted by Gasteiger charge is 2.45. The first-order valence-electron chi connectivity index (χ1n) is 15.0. The predicted octanol–water partition coefficient (Wildman–Crippen LogP) is 2.62. The molecular weight excluding hydrogens is 640 g/mol. The third-order valence-electron chi connectivity index (χ3n) is 8.19. The predicted molar refractivity (Wildman–Crippen MR) is 176 cm³/mol. The second-order valence-corrected chi connectivity index (χ2v) is 11.6. The summed E-state index contributed by atoms with van der Waals surface area (Å²) in [6.07, 6.45) is 3.71. The number of benzene rings is 1. The van der Waals surface area contributed by atoms with E-state index in [9.17, 15) is 19.2 Å². The van der Waals surface area contributed by atoms with Crippen molar-refractivity contribution in [1.82, 2.24) is 29.7 Å². The number of carbonyl (C=O) groups excluding carboxylic acids is 4. The van der Waals surface area contributed by atoms with Gasteiger partial charge in [-0.1, -0.05) is 29.5 Å². The number of aryl methyl sites for hydroxylation is 1. The van der Waals surface area contributed by atoms with Crippen LogP contribution in [-0.4, -0.2) is 81.0 Å². The largest absolute Gasteiger partial charge is 0.496 e. The van der Waals surface area contributed by atoms with Crippen LogP contribution in [0.2, 0.25) is 5.15 Å². The van der Waals surface area contributed by atoms with E-state index in [0.29, 0.717) is 35.4 Å². The third kappa shape index (κ3) is 6.01. The lowest BCUT2D eigenvalue weighted by Gasteiger charge is -2.27. The number of amides is 4. The fourth-order valence-corrected chi connectivity index (χ4v) is 6.21. The monoisotopic (exact) mass is 670 g/mol. The zero-order valence-corrected chi connectivity index (χ0v) is 27.1. The van der Waals surface area contributed by atoms with Gasteiger partial charge in [0.25, 0.3) is 11.8 Å². The van der Waals surface area contributed by atoms with Crippen LogP contribution in [-0.2, 0) is 20.9 Å². The summed E-state index contributed by atoms with van der Waals surface area (Å²) >= 11 is 6.48. The highest BCUT2D eigenvalue weighted by atomic mass is 35.5. The summed E-state index contributed by atoms with van der Waals surface area (Å²) in [7, 11) is 1.62. The Bertz CT molecular complexity index is 2070. The molecule has 3 aromatic heterocycles. The van der Waals surface area contributed by atoms with E-state index >= 15 is 0 Å². The Labute approximate surface area is 280 Å². The fraction of sp³-hybridized carbons (Fsp3) is 0.303. The summed E-state index contributed by atoms with van der Waals surface area (Å²) in [5, 5.41) is 6.06. The second kappa shape index (κ2) is 13.3. The van der Waals surface area contributed by atoms with E-state index < -0.39 is 29.7 Å². The number of piperidine rings is 1. The minimum atomic E-state index is -1.04. The number of halogens is 1. The topological polar surface area (TPSA) is 184 Å². The molecule has 4 N–H and O–H groups in total. The number of nitrogens with zero attached hydrogens (tertiary/aromatic N) is 5. The molecule has 0 radical (unpaired) electrons. The van der Waals surface area contributed by atoms with E-state index in [0.717, 1.165) is 27.5 Å². The molecule has 4 amide bonds. The molecule has 246 valence electrons. The summed E-state index contributed by atoms with van der Waals surface area (Å²) in [6.45, 7) is 4.89. The van der Waals surface area contributed by atoms with Crippen LogP contribution in [0.1, 0.15) is 55.9 Å². The van der Waals surface area contributed by atoms with Gasteiger partial charge in [0.1, 0.15) is 29.2 Å². The lowest BCUT2D eigenvalue weighted by Crippen LogP contribution is -2.54. The Balaban J connectivity index is 1.10. The van der Waals surface area contributed by atoms with Gasteiger partial charge in [0.15, 0.2) is 0 Å². The van der Waals surface area contributed by atoms with Crippen molar-refractivity contribution in [2.45, 2.75) is 39.3 Å². The number of ether oxygens (including phenoxy) is 2. The van der Waals surface area contributed by atoms with Crippen molar-refractivity contribution in [1.29, 1.82) is 0 Å². The average Bonchev–Trinajstić information content (AvgIpc) is 3.52. The zero-order chi connectivity index (χ0) is 34.1. The van der Waals surface area contributed by atoms with Gasteiger partial charge in [0.2, 0.25) is 17.8 Å². The number of hydrogen-bond acceptors (Lipinski definition) is 11. The molecule has 1 atom stereocenters. The number of nitrogens with two attached hydrogens (primary N) is 1. The van der Waals surface area contributed by atoms with E-state index in [-0.39, 0.29) is 48.3 Å². The lowest BCUT2D eigenvalue weighted by atomic mass is 10.0. The number of rotatable bonds is 9. The number of aromatic nitrogens is 4. The normalized spacial score (nSPS) is 15.8. The number of hydrogen-bond donors (Lipinski definition) is 3. The third-order valence-corrected chi connectivity index (χ3v) is 8.46. The Morgan fingerprint density at radius 2 is 1.98 bits per heavy atom. The maximum absolute atomic E-state index is 13.3. The molecule has 1 unspecified atom stereocenters. The molecule has 1 saturated heterocycles. The summed E-state index contributed by atoms with van der Waals surface area (Å²) in [5.74, 6) is 4.63. The molecule has 48 heavy (non-hydrogen) atoms. The lowest BCUT2D eigenvalue weighted by molar-refractivity contribution is -0.136. The maximum atomic E-state index is 13.3. The van der Waals surface area contributed by atoms with Gasteiger partial charge in [0.05, 0.1) is 48.0 Å². The first-order chi connectivity index (χ1) is 23.1. The second-order valence-electron chi connectivity index (χ2n) is 11.2. The van der Waals surface area contributed by atoms with Crippen molar-refractivity contribution in [3.05, 3.63) is 69.3 Å². The number of pyridine rings is 1. The zero-order valence-electron chi connectivity index (χ0n) is 26.3. The number of methoxy groups -OCH3 is 1. The molecule has 0 saturated carbocycles. The van der Waals surface area contributed by atoms with Gasteiger partial charge < -0.3 is 25.1 Å². The van der Waals surface area contributed by atoms with Gasteiger partial charge in [-0.25, -0.2) is 4.98 Å². The van der Waals surface area contributed by atoms with Crippen molar-refractivity contribution in [2.75, 3.05) is 37.9 Å². The van der Waals surface area contributed by atoms with Crippen LogP contribution in [0.5, 0.6) is 5.75 Å². The summed E-state index contributed by atoms with van der Waals surface area (Å²) in [6, 6.07) is 3.83. The first kappa shape index (κ1) is 32.4. The van der Waals surface area contributed by atoms with Crippen LogP contribution in [0, 0.1) is 25.7 Å². The van der Waals surface area contributed by atoms with Crippen molar-refractivity contribution >= 4 is 57.9 Å². The van der Waals surface area contributed by atoms with E-state index in [1.54, 1.807) is 25.4 Å². The van der Waals surface area contributed by atoms with Crippen LogP contribution in [0.25, 0.3) is 11.0 Å². The molecule has 0 bridgehead atoms. The maximum Gasteiger partial charge on any atom is 0.264 e. The number of anilines is 2. The van der Waals surface area contributed by atoms with E-state index in [2.05, 4.69) is 37.4 Å². The van der Waals surface area contributed by atoms with Crippen molar-refractivity contribution in [3.8, 4) is 17.6 Å². The van der Waals surface area contributed by atoms with Crippen molar-refractivity contribution < 1.29 is 28.7 Å². The molecule has 1 aromatic carbocycles. The molecule has 6 rings (SSSR count). The quantitative estimate of drug-likeness (QED) is 0.103. The van der Waals surface area contributed by atoms with Crippen LogP contribution >= 0.6 is 11.6 Å². The Morgan fingerprint density at radius 3 is 2.75 bits per heavy atom. The minimum absolute atomic E-state index is 0.0344.